The van der Waals surface area contributed by atoms with Gasteiger partial charge in [-0.15, -0.1) is 0 Å². The smallest absolute Gasteiger partial charge is 0.289 e. The second-order valence-electron chi connectivity index (χ2n) is 5.36. The topological polar surface area (TPSA) is 86.7 Å². The zero-order chi connectivity index (χ0) is 16.2. The summed E-state index contributed by atoms with van der Waals surface area (Å²) in [4.78, 5) is 13.8. The average molecular weight is 312 g/mol. The molecule has 1 atom stereocenters. The molecule has 1 aromatic heterocycles. The molecule has 0 bridgehead atoms. The van der Waals surface area contributed by atoms with Crippen LogP contribution >= 0.6 is 0 Å². The van der Waals surface area contributed by atoms with Crippen molar-refractivity contribution in [2.24, 2.45) is 0 Å². The first-order valence-corrected chi connectivity index (χ1v) is 7.35. The molecule has 0 radical (unpaired) electrons. The Morgan fingerprint density at radius 1 is 1.39 bits per heavy atom. The quantitative estimate of drug-likeness (QED) is 0.932. The van der Waals surface area contributed by atoms with Gasteiger partial charge in [0, 0.05) is 13.1 Å². The molecule has 1 aromatic carbocycles. The van der Waals surface area contributed by atoms with Crippen molar-refractivity contribution in [1.82, 2.24) is 4.90 Å². The van der Waals surface area contributed by atoms with E-state index in [0.717, 1.165) is 0 Å². The molecule has 0 spiro atoms. The minimum absolute atomic E-state index is 0.134. The van der Waals surface area contributed by atoms with E-state index in [4.69, 9.17) is 14.4 Å². The second-order valence-corrected chi connectivity index (χ2v) is 5.36. The molecule has 0 aliphatic carbocycles. The van der Waals surface area contributed by atoms with E-state index in [1.54, 1.807) is 41.3 Å². The number of amides is 1. The Bertz CT molecular complexity index is 747. The van der Waals surface area contributed by atoms with Crippen LogP contribution in [-0.4, -0.2) is 35.1 Å². The van der Waals surface area contributed by atoms with Crippen LogP contribution in [0.3, 0.4) is 0 Å². The molecule has 1 aliphatic heterocycles. The summed E-state index contributed by atoms with van der Waals surface area (Å²) in [5.74, 6) is 0.972. The molecule has 0 unspecified atom stereocenters. The number of para-hydroxylation sites is 1. The SMILES string of the molecule is N#Cc1ccccc1OCc1ccc(C(=O)N2CC[C@@H](O)C2)o1. The lowest BCUT2D eigenvalue weighted by Gasteiger charge is -2.13. The molecule has 3 rings (SSSR count). The van der Waals surface area contributed by atoms with Crippen LogP contribution in [0.25, 0.3) is 0 Å². The summed E-state index contributed by atoms with van der Waals surface area (Å²) in [5.41, 5.74) is 0.446. The van der Waals surface area contributed by atoms with Gasteiger partial charge in [0.2, 0.25) is 0 Å². The number of carbonyl (C=O) groups excluding carboxylic acids is 1. The molecule has 1 aliphatic rings. The minimum atomic E-state index is -0.459. The Morgan fingerprint density at radius 3 is 2.96 bits per heavy atom. The molecule has 6 heteroatoms. The van der Waals surface area contributed by atoms with E-state index in [1.165, 1.54) is 0 Å². The van der Waals surface area contributed by atoms with Gasteiger partial charge in [-0.25, -0.2) is 0 Å². The van der Waals surface area contributed by atoms with Gasteiger partial charge in [-0.05, 0) is 30.7 Å². The molecule has 1 saturated heterocycles. The first-order chi connectivity index (χ1) is 11.2. The Morgan fingerprint density at radius 2 is 2.22 bits per heavy atom. The van der Waals surface area contributed by atoms with Crippen LogP contribution in [0.1, 0.15) is 28.3 Å². The van der Waals surface area contributed by atoms with Crippen LogP contribution in [0.4, 0.5) is 0 Å². The van der Waals surface area contributed by atoms with Crippen LogP contribution in [0.5, 0.6) is 5.75 Å². The molecule has 0 saturated carbocycles. The highest BCUT2D eigenvalue weighted by molar-refractivity contribution is 5.91. The van der Waals surface area contributed by atoms with Gasteiger partial charge >= 0.3 is 0 Å². The van der Waals surface area contributed by atoms with Gasteiger partial charge in [0.15, 0.2) is 5.76 Å². The normalized spacial score (nSPS) is 17.0. The Hall–Kier alpha value is -2.78. The summed E-state index contributed by atoms with van der Waals surface area (Å²) in [7, 11) is 0. The van der Waals surface area contributed by atoms with Crippen molar-refractivity contribution in [3.05, 3.63) is 53.5 Å². The molecular formula is C17H16N2O4. The number of rotatable bonds is 4. The lowest BCUT2D eigenvalue weighted by molar-refractivity contribution is 0.0729. The molecule has 2 aromatic rings. The molecule has 1 fully saturated rings. The van der Waals surface area contributed by atoms with Crippen molar-refractivity contribution in [1.29, 1.82) is 5.26 Å². The summed E-state index contributed by atoms with van der Waals surface area (Å²) in [5, 5.41) is 18.5. The summed E-state index contributed by atoms with van der Waals surface area (Å²) < 4.78 is 11.1. The number of nitriles is 1. The molecule has 118 valence electrons. The number of ether oxygens (including phenoxy) is 1. The van der Waals surface area contributed by atoms with Crippen LogP contribution in [0.2, 0.25) is 0 Å². The molecule has 1 N–H and O–H groups in total. The van der Waals surface area contributed by atoms with E-state index in [0.29, 0.717) is 36.6 Å². The van der Waals surface area contributed by atoms with Crippen LogP contribution in [0, 0.1) is 11.3 Å². The number of β-amino-alcohol motifs (C(OH)–C–C–N with tert-alkyl or cyclic N) is 1. The molecule has 2 heterocycles. The molecule has 1 amide bonds. The maximum Gasteiger partial charge on any atom is 0.289 e. The van der Waals surface area contributed by atoms with Gasteiger partial charge in [-0.2, -0.15) is 5.26 Å². The number of aliphatic hydroxyl groups excluding tert-OH is 1. The maximum absolute atomic E-state index is 12.2. The van der Waals surface area contributed by atoms with Crippen molar-refractivity contribution < 1.29 is 19.1 Å². The highest BCUT2D eigenvalue weighted by Gasteiger charge is 2.27. The lowest BCUT2D eigenvalue weighted by Crippen LogP contribution is -2.29. The third kappa shape index (κ3) is 3.35. The summed E-state index contributed by atoms with van der Waals surface area (Å²) in [6, 6.07) is 12.3. The van der Waals surface area contributed by atoms with Crippen molar-refractivity contribution in [2.45, 2.75) is 19.1 Å². The molecule has 6 nitrogen and oxygen atoms in total. The monoisotopic (exact) mass is 312 g/mol. The lowest BCUT2D eigenvalue weighted by atomic mass is 10.2. The van der Waals surface area contributed by atoms with Crippen LogP contribution in [-0.2, 0) is 6.61 Å². The second kappa shape index (κ2) is 6.55. The number of nitrogens with zero attached hydrogens (tertiary/aromatic N) is 2. The average Bonchev–Trinajstić information content (AvgIpc) is 3.21. The Kier molecular flexibility index (Phi) is 4.31. The highest BCUT2D eigenvalue weighted by atomic mass is 16.5. The fourth-order valence-corrected chi connectivity index (χ4v) is 2.49. The zero-order valence-electron chi connectivity index (χ0n) is 12.4. The van der Waals surface area contributed by atoms with E-state index >= 15 is 0 Å². The fraction of sp³-hybridized carbons (Fsp3) is 0.294. The standard InChI is InChI=1S/C17H16N2O4/c18-9-12-3-1-2-4-15(12)22-11-14-5-6-16(23-14)17(21)19-8-7-13(20)10-19/h1-6,13,20H,7-8,10-11H2/t13-/m1/s1. The van der Waals surface area contributed by atoms with Crippen molar-refractivity contribution in [2.75, 3.05) is 13.1 Å². The van der Waals surface area contributed by atoms with E-state index in [2.05, 4.69) is 6.07 Å². The van der Waals surface area contributed by atoms with Gasteiger partial charge < -0.3 is 19.2 Å². The first-order valence-electron chi connectivity index (χ1n) is 7.35. The number of carbonyl (C=O) groups is 1. The van der Waals surface area contributed by atoms with Crippen molar-refractivity contribution in [3.8, 4) is 11.8 Å². The maximum atomic E-state index is 12.2. The van der Waals surface area contributed by atoms with Gasteiger partial charge in [0.1, 0.15) is 24.2 Å². The van der Waals surface area contributed by atoms with Gasteiger partial charge in [0.25, 0.3) is 5.91 Å². The summed E-state index contributed by atoms with van der Waals surface area (Å²) in [6.45, 7) is 0.998. The number of likely N-dealkylation sites (tertiary alicyclic amines) is 1. The predicted octanol–water partition coefficient (Wildman–Crippen LogP) is 1.94. The van der Waals surface area contributed by atoms with Gasteiger partial charge in [-0.3, -0.25) is 4.79 Å². The van der Waals surface area contributed by atoms with E-state index in [9.17, 15) is 9.90 Å². The van der Waals surface area contributed by atoms with Crippen molar-refractivity contribution in [3.63, 3.8) is 0 Å². The first kappa shape index (κ1) is 15.1. The number of hydrogen-bond donors (Lipinski definition) is 1. The summed E-state index contributed by atoms with van der Waals surface area (Å²) >= 11 is 0. The van der Waals surface area contributed by atoms with Crippen LogP contribution in [0.15, 0.2) is 40.8 Å². The number of aliphatic hydroxyl groups is 1. The van der Waals surface area contributed by atoms with Gasteiger partial charge in [0.05, 0.1) is 11.7 Å². The largest absolute Gasteiger partial charge is 0.484 e. The van der Waals surface area contributed by atoms with Crippen LogP contribution < -0.4 is 4.74 Å². The number of furan rings is 1. The zero-order valence-corrected chi connectivity index (χ0v) is 12.4. The minimum Gasteiger partial charge on any atom is -0.484 e. The number of benzene rings is 1. The van der Waals surface area contributed by atoms with Crippen molar-refractivity contribution >= 4 is 5.91 Å². The Balaban J connectivity index is 1.63. The third-order valence-electron chi connectivity index (χ3n) is 3.70. The van der Waals surface area contributed by atoms with E-state index in [1.807, 2.05) is 0 Å². The molecular weight excluding hydrogens is 296 g/mol. The molecule has 23 heavy (non-hydrogen) atoms. The Labute approximate surface area is 133 Å². The number of hydrogen-bond acceptors (Lipinski definition) is 5. The predicted molar refractivity (Wildman–Crippen MR) is 80.7 cm³/mol. The van der Waals surface area contributed by atoms with Gasteiger partial charge in [-0.1, -0.05) is 12.1 Å². The fourth-order valence-electron chi connectivity index (χ4n) is 2.49. The van der Waals surface area contributed by atoms with E-state index in [-0.39, 0.29) is 18.3 Å². The van der Waals surface area contributed by atoms with E-state index < -0.39 is 6.10 Å². The summed E-state index contributed by atoms with van der Waals surface area (Å²) in [6.07, 6.45) is 0.132. The highest BCUT2D eigenvalue weighted by Crippen LogP contribution is 2.20. The third-order valence-corrected chi connectivity index (χ3v) is 3.70.